The fourth-order valence-corrected chi connectivity index (χ4v) is 1.58. The van der Waals surface area contributed by atoms with Gasteiger partial charge in [-0.15, -0.1) is 0 Å². The van der Waals surface area contributed by atoms with Crippen molar-refractivity contribution < 1.29 is 9.84 Å². The van der Waals surface area contributed by atoms with Crippen molar-refractivity contribution in [3.05, 3.63) is 28.8 Å². The van der Waals surface area contributed by atoms with E-state index >= 15 is 0 Å². The van der Waals surface area contributed by atoms with Crippen LogP contribution >= 0.6 is 11.6 Å². The van der Waals surface area contributed by atoms with E-state index < -0.39 is 5.60 Å². The molecular formula is C10H11ClO2. The van der Waals surface area contributed by atoms with E-state index in [4.69, 9.17) is 16.3 Å². The van der Waals surface area contributed by atoms with Crippen molar-refractivity contribution in [3.63, 3.8) is 0 Å². The molecule has 1 saturated carbocycles. The van der Waals surface area contributed by atoms with Crippen LogP contribution in [0.5, 0.6) is 5.75 Å². The highest BCUT2D eigenvalue weighted by atomic mass is 35.5. The zero-order valence-corrected chi connectivity index (χ0v) is 8.14. The maximum atomic E-state index is 9.83. The number of halogens is 1. The Labute approximate surface area is 82.1 Å². The Morgan fingerprint density at radius 3 is 2.62 bits per heavy atom. The van der Waals surface area contributed by atoms with E-state index in [0.29, 0.717) is 10.8 Å². The van der Waals surface area contributed by atoms with Gasteiger partial charge in [-0.3, -0.25) is 0 Å². The predicted molar refractivity (Wildman–Crippen MR) is 51.1 cm³/mol. The standard InChI is InChI=1S/C10H11ClO2/c1-13-9-5-7(4-8(11)6-9)10(12)2-3-10/h4-6,12H,2-3H2,1H3. The number of aliphatic hydroxyl groups is 1. The van der Waals surface area contributed by atoms with Crippen molar-refractivity contribution in [1.29, 1.82) is 0 Å². The van der Waals surface area contributed by atoms with Crippen molar-refractivity contribution in [2.75, 3.05) is 7.11 Å². The SMILES string of the molecule is COc1cc(Cl)cc(C2(O)CC2)c1. The van der Waals surface area contributed by atoms with Gasteiger partial charge in [0, 0.05) is 5.02 Å². The quantitative estimate of drug-likeness (QED) is 0.791. The molecule has 0 heterocycles. The molecular weight excluding hydrogens is 188 g/mol. The van der Waals surface area contributed by atoms with Gasteiger partial charge in [0.05, 0.1) is 12.7 Å². The third kappa shape index (κ3) is 1.64. The number of hydrogen-bond acceptors (Lipinski definition) is 2. The Kier molecular flexibility index (Phi) is 1.97. The molecule has 0 spiro atoms. The van der Waals surface area contributed by atoms with E-state index in [2.05, 4.69) is 0 Å². The van der Waals surface area contributed by atoms with Crippen molar-refractivity contribution in [2.24, 2.45) is 0 Å². The molecule has 0 radical (unpaired) electrons. The summed E-state index contributed by atoms with van der Waals surface area (Å²) >= 11 is 5.87. The summed E-state index contributed by atoms with van der Waals surface area (Å²) in [6.45, 7) is 0. The van der Waals surface area contributed by atoms with Gasteiger partial charge in [0.2, 0.25) is 0 Å². The maximum absolute atomic E-state index is 9.83. The summed E-state index contributed by atoms with van der Waals surface area (Å²) in [4.78, 5) is 0. The normalized spacial score (nSPS) is 18.4. The van der Waals surface area contributed by atoms with Crippen molar-refractivity contribution in [1.82, 2.24) is 0 Å². The van der Waals surface area contributed by atoms with Crippen LogP contribution in [0.3, 0.4) is 0 Å². The molecule has 3 heteroatoms. The number of hydrogen-bond donors (Lipinski definition) is 1. The summed E-state index contributed by atoms with van der Waals surface area (Å²) in [5, 5.41) is 10.4. The zero-order valence-electron chi connectivity index (χ0n) is 7.38. The molecule has 1 N–H and O–H groups in total. The van der Waals surface area contributed by atoms with Crippen LogP contribution in [-0.4, -0.2) is 12.2 Å². The van der Waals surface area contributed by atoms with Gasteiger partial charge in [-0.05, 0) is 36.6 Å². The second kappa shape index (κ2) is 2.89. The molecule has 0 aromatic heterocycles. The summed E-state index contributed by atoms with van der Waals surface area (Å²) in [6, 6.07) is 5.35. The van der Waals surface area contributed by atoms with Crippen LogP contribution in [0.2, 0.25) is 5.02 Å². The van der Waals surface area contributed by atoms with Gasteiger partial charge in [0.1, 0.15) is 5.75 Å². The largest absolute Gasteiger partial charge is 0.497 e. The first-order valence-corrected chi connectivity index (χ1v) is 4.59. The molecule has 1 aliphatic rings. The highest BCUT2D eigenvalue weighted by molar-refractivity contribution is 6.30. The van der Waals surface area contributed by atoms with Crippen LogP contribution in [-0.2, 0) is 5.60 Å². The Hall–Kier alpha value is -0.730. The fourth-order valence-electron chi connectivity index (χ4n) is 1.36. The molecule has 0 aliphatic heterocycles. The third-order valence-corrected chi connectivity index (χ3v) is 2.59. The van der Waals surface area contributed by atoms with Crippen LogP contribution in [0.15, 0.2) is 18.2 Å². The van der Waals surface area contributed by atoms with Gasteiger partial charge in [-0.2, -0.15) is 0 Å². The van der Waals surface area contributed by atoms with E-state index in [1.165, 1.54) is 0 Å². The molecule has 0 atom stereocenters. The van der Waals surface area contributed by atoms with Crippen molar-refractivity contribution in [3.8, 4) is 5.75 Å². The number of rotatable bonds is 2. The molecule has 0 amide bonds. The lowest BCUT2D eigenvalue weighted by atomic mass is 10.1. The minimum absolute atomic E-state index is 0.606. The summed E-state index contributed by atoms with van der Waals surface area (Å²) in [5.41, 5.74) is 0.218. The minimum atomic E-state index is -0.641. The van der Waals surface area contributed by atoms with E-state index in [1.54, 1.807) is 19.2 Å². The van der Waals surface area contributed by atoms with Crippen LogP contribution in [0.4, 0.5) is 0 Å². The Morgan fingerprint density at radius 2 is 2.08 bits per heavy atom. The average molecular weight is 199 g/mol. The molecule has 0 unspecified atom stereocenters. The molecule has 1 aliphatic carbocycles. The summed E-state index contributed by atoms with van der Waals surface area (Å²) in [5.74, 6) is 0.697. The first-order chi connectivity index (χ1) is 6.14. The third-order valence-electron chi connectivity index (χ3n) is 2.37. The zero-order chi connectivity index (χ0) is 9.47. The lowest BCUT2D eigenvalue weighted by molar-refractivity contribution is 0.151. The first kappa shape index (κ1) is 8.85. The molecule has 70 valence electrons. The van der Waals surface area contributed by atoms with Crippen LogP contribution < -0.4 is 4.74 Å². The Bertz CT molecular complexity index is 332. The molecule has 1 fully saturated rings. The molecule has 2 rings (SSSR count). The van der Waals surface area contributed by atoms with E-state index in [0.717, 1.165) is 18.4 Å². The Balaban J connectivity index is 2.40. The van der Waals surface area contributed by atoms with Crippen molar-refractivity contribution in [2.45, 2.75) is 18.4 Å². The van der Waals surface area contributed by atoms with Gasteiger partial charge in [-0.25, -0.2) is 0 Å². The molecule has 0 bridgehead atoms. The number of ether oxygens (including phenoxy) is 1. The van der Waals surface area contributed by atoms with Gasteiger partial charge in [0.15, 0.2) is 0 Å². The van der Waals surface area contributed by atoms with Gasteiger partial charge >= 0.3 is 0 Å². The first-order valence-electron chi connectivity index (χ1n) is 4.21. The maximum Gasteiger partial charge on any atom is 0.120 e. The number of benzene rings is 1. The highest BCUT2D eigenvalue weighted by Crippen LogP contribution is 2.46. The van der Waals surface area contributed by atoms with E-state index in [9.17, 15) is 5.11 Å². The second-order valence-corrected chi connectivity index (χ2v) is 3.85. The Morgan fingerprint density at radius 1 is 1.38 bits per heavy atom. The van der Waals surface area contributed by atoms with Crippen LogP contribution in [0.1, 0.15) is 18.4 Å². The molecule has 2 nitrogen and oxygen atoms in total. The lowest BCUT2D eigenvalue weighted by Gasteiger charge is -2.10. The highest BCUT2D eigenvalue weighted by Gasteiger charge is 2.42. The van der Waals surface area contributed by atoms with Crippen LogP contribution in [0.25, 0.3) is 0 Å². The van der Waals surface area contributed by atoms with Gasteiger partial charge in [-0.1, -0.05) is 11.6 Å². The molecule has 1 aromatic rings. The summed E-state index contributed by atoms with van der Waals surface area (Å²) in [6.07, 6.45) is 1.63. The van der Waals surface area contributed by atoms with Gasteiger partial charge < -0.3 is 9.84 Å². The predicted octanol–water partition coefficient (Wildman–Crippen LogP) is 2.33. The minimum Gasteiger partial charge on any atom is -0.497 e. The molecule has 1 aromatic carbocycles. The van der Waals surface area contributed by atoms with Crippen LogP contribution in [0, 0.1) is 0 Å². The monoisotopic (exact) mass is 198 g/mol. The topological polar surface area (TPSA) is 29.5 Å². The fraction of sp³-hybridized carbons (Fsp3) is 0.400. The average Bonchev–Trinajstić information content (AvgIpc) is 2.84. The van der Waals surface area contributed by atoms with Gasteiger partial charge in [0.25, 0.3) is 0 Å². The van der Waals surface area contributed by atoms with Crippen molar-refractivity contribution >= 4 is 11.6 Å². The summed E-state index contributed by atoms with van der Waals surface area (Å²) in [7, 11) is 1.59. The lowest BCUT2D eigenvalue weighted by Crippen LogP contribution is -2.04. The van der Waals surface area contributed by atoms with E-state index in [1.807, 2.05) is 6.07 Å². The smallest absolute Gasteiger partial charge is 0.120 e. The molecule has 0 saturated heterocycles. The second-order valence-electron chi connectivity index (χ2n) is 3.41. The van der Waals surface area contributed by atoms with E-state index in [-0.39, 0.29) is 0 Å². The summed E-state index contributed by atoms with van der Waals surface area (Å²) < 4.78 is 5.06. The number of methoxy groups -OCH3 is 1. The molecule has 13 heavy (non-hydrogen) atoms.